The van der Waals surface area contributed by atoms with E-state index in [1.54, 1.807) is 0 Å². The Morgan fingerprint density at radius 3 is 2.41 bits per heavy atom. The van der Waals surface area contributed by atoms with Crippen molar-refractivity contribution in [3.63, 3.8) is 0 Å². The molecule has 0 aliphatic rings. The minimum Gasteiger partial charge on any atom is -0.392 e. The number of benzene rings is 1. The van der Waals surface area contributed by atoms with Gasteiger partial charge < -0.3 is 5.11 Å². The zero-order valence-electron chi connectivity index (χ0n) is 10.5. The molecule has 1 heterocycles. The van der Waals surface area contributed by atoms with Crippen molar-refractivity contribution in [1.29, 1.82) is 0 Å². The topological polar surface area (TPSA) is 33.1 Å². The standard InChI is InChI=1S/C15H17NO/c1-10-4-6-14(11(2)8-10)15-7-5-13(9-17)12(3)16-15/h4-8,17H,9H2,1-3H3. The molecule has 0 atom stereocenters. The highest BCUT2D eigenvalue weighted by Gasteiger charge is 2.05. The van der Waals surface area contributed by atoms with Gasteiger partial charge in [-0.25, -0.2) is 0 Å². The summed E-state index contributed by atoms with van der Waals surface area (Å²) >= 11 is 0. The summed E-state index contributed by atoms with van der Waals surface area (Å²) < 4.78 is 0. The predicted octanol–water partition coefficient (Wildman–Crippen LogP) is 3.17. The molecule has 17 heavy (non-hydrogen) atoms. The molecule has 1 N–H and O–H groups in total. The van der Waals surface area contributed by atoms with E-state index in [4.69, 9.17) is 5.11 Å². The Kier molecular flexibility index (Phi) is 3.25. The van der Waals surface area contributed by atoms with Gasteiger partial charge in [-0.3, -0.25) is 4.98 Å². The summed E-state index contributed by atoms with van der Waals surface area (Å²) in [6, 6.07) is 10.3. The van der Waals surface area contributed by atoms with Gasteiger partial charge in [0.15, 0.2) is 0 Å². The van der Waals surface area contributed by atoms with Crippen LogP contribution in [-0.2, 0) is 6.61 Å². The number of aryl methyl sites for hydroxylation is 3. The van der Waals surface area contributed by atoms with Gasteiger partial charge in [-0.1, -0.05) is 29.8 Å². The lowest BCUT2D eigenvalue weighted by Crippen LogP contribution is -1.95. The van der Waals surface area contributed by atoms with Gasteiger partial charge in [-0.05, 0) is 38.0 Å². The lowest BCUT2D eigenvalue weighted by atomic mass is 10.0. The van der Waals surface area contributed by atoms with Crippen molar-refractivity contribution in [2.24, 2.45) is 0 Å². The molecular weight excluding hydrogens is 210 g/mol. The summed E-state index contributed by atoms with van der Waals surface area (Å²) in [5.74, 6) is 0. The Hall–Kier alpha value is -1.67. The van der Waals surface area contributed by atoms with E-state index in [0.717, 1.165) is 22.5 Å². The largest absolute Gasteiger partial charge is 0.392 e. The first-order chi connectivity index (χ1) is 8.11. The fourth-order valence-corrected chi connectivity index (χ4v) is 2.01. The molecule has 0 saturated carbocycles. The van der Waals surface area contributed by atoms with Crippen molar-refractivity contribution < 1.29 is 5.11 Å². The molecule has 1 aromatic carbocycles. The first kappa shape index (κ1) is 11.8. The third kappa shape index (κ3) is 2.37. The smallest absolute Gasteiger partial charge is 0.0708 e. The first-order valence-electron chi connectivity index (χ1n) is 5.77. The van der Waals surface area contributed by atoms with Crippen LogP contribution in [0.2, 0.25) is 0 Å². The summed E-state index contributed by atoms with van der Waals surface area (Å²) in [5.41, 5.74) is 6.40. The van der Waals surface area contributed by atoms with Crippen LogP contribution in [0.5, 0.6) is 0 Å². The zero-order valence-corrected chi connectivity index (χ0v) is 10.5. The van der Waals surface area contributed by atoms with Crippen LogP contribution in [0.15, 0.2) is 30.3 Å². The molecule has 0 radical (unpaired) electrons. The van der Waals surface area contributed by atoms with Gasteiger partial charge in [0.2, 0.25) is 0 Å². The predicted molar refractivity (Wildman–Crippen MR) is 69.8 cm³/mol. The molecule has 0 unspecified atom stereocenters. The summed E-state index contributed by atoms with van der Waals surface area (Å²) in [6.45, 7) is 6.16. The molecule has 0 bridgehead atoms. The number of hydrogen-bond acceptors (Lipinski definition) is 2. The maximum Gasteiger partial charge on any atom is 0.0708 e. The van der Waals surface area contributed by atoms with Gasteiger partial charge >= 0.3 is 0 Å². The molecule has 0 spiro atoms. The van der Waals surface area contributed by atoms with E-state index in [9.17, 15) is 0 Å². The second kappa shape index (κ2) is 4.68. The number of rotatable bonds is 2. The minimum atomic E-state index is 0.0476. The Bertz CT molecular complexity index is 547. The van der Waals surface area contributed by atoms with Crippen LogP contribution in [-0.4, -0.2) is 10.1 Å². The van der Waals surface area contributed by atoms with E-state index in [1.807, 2.05) is 19.1 Å². The number of hydrogen-bond donors (Lipinski definition) is 1. The number of nitrogens with zero attached hydrogens (tertiary/aromatic N) is 1. The van der Waals surface area contributed by atoms with Crippen molar-refractivity contribution in [3.05, 3.63) is 52.7 Å². The summed E-state index contributed by atoms with van der Waals surface area (Å²) in [4.78, 5) is 4.54. The summed E-state index contributed by atoms with van der Waals surface area (Å²) in [5, 5.41) is 9.13. The van der Waals surface area contributed by atoms with Crippen LogP contribution < -0.4 is 0 Å². The van der Waals surface area contributed by atoms with Gasteiger partial charge in [0.1, 0.15) is 0 Å². The van der Waals surface area contributed by atoms with E-state index < -0.39 is 0 Å². The Morgan fingerprint density at radius 1 is 1.06 bits per heavy atom. The molecule has 2 heteroatoms. The summed E-state index contributed by atoms with van der Waals surface area (Å²) in [6.07, 6.45) is 0. The lowest BCUT2D eigenvalue weighted by molar-refractivity contribution is 0.280. The number of pyridine rings is 1. The van der Waals surface area contributed by atoms with Gasteiger partial charge in [0.05, 0.1) is 12.3 Å². The van der Waals surface area contributed by atoms with Gasteiger partial charge in [-0.15, -0.1) is 0 Å². The average molecular weight is 227 g/mol. The molecule has 0 amide bonds. The highest BCUT2D eigenvalue weighted by molar-refractivity contribution is 5.64. The highest BCUT2D eigenvalue weighted by atomic mass is 16.3. The molecule has 2 nitrogen and oxygen atoms in total. The van der Waals surface area contributed by atoms with Crippen molar-refractivity contribution in [2.75, 3.05) is 0 Å². The van der Waals surface area contributed by atoms with Crippen molar-refractivity contribution in [3.8, 4) is 11.3 Å². The van der Waals surface area contributed by atoms with E-state index in [0.29, 0.717) is 0 Å². The molecule has 2 aromatic rings. The second-order valence-corrected chi connectivity index (χ2v) is 4.42. The number of aliphatic hydroxyl groups is 1. The minimum absolute atomic E-state index is 0.0476. The molecular formula is C15H17NO. The first-order valence-corrected chi connectivity index (χ1v) is 5.77. The van der Waals surface area contributed by atoms with E-state index in [2.05, 4.69) is 37.0 Å². The van der Waals surface area contributed by atoms with Crippen molar-refractivity contribution >= 4 is 0 Å². The molecule has 88 valence electrons. The Balaban J connectivity index is 2.50. The normalized spacial score (nSPS) is 10.6. The van der Waals surface area contributed by atoms with E-state index in [1.165, 1.54) is 11.1 Å². The zero-order chi connectivity index (χ0) is 12.4. The highest BCUT2D eigenvalue weighted by Crippen LogP contribution is 2.23. The van der Waals surface area contributed by atoms with Crippen LogP contribution in [0.4, 0.5) is 0 Å². The third-order valence-electron chi connectivity index (χ3n) is 3.02. The Morgan fingerprint density at radius 2 is 1.82 bits per heavy atom. The molecule has 0 aliphatic carbocycles. The summed E-state index contributed by atoms with van der Waals surface area (Å²) in [7, 11) is 0. The monoisotopic (exact) mass is 227 g/mol. The maximum absolute atomic E-state index is 9.13. The second-order valence-electron chi connectivity index (χ2n) is 4.42. The van der Waals surface area contributed by atoms with Crippen molar-refractivity contribution in [2.45, 2.75) is 27.4 Å². The van der Waals surface area contributed by atoms with Crippen LogP contribution in [0.3, 0.4) is 0 Å². The van der Waals surface area contributed by atoms with E-state index in [-0.39, 0.29) is 6.61 Å². The molecule has 0 saturated heterocycles. The van der Waals surface area contributed by atoms with Gasteiger partial charge in [0.25, 0.3) is 0 Å². The Labute approximate surface area is 102 Å². The molecule has 0 aliphatic heterocycles. The van der Waals surface area contributed by atoms with Crippen LogP contribution in [0.25, 0.3) is 11.3 Å². The van der Waals surface area contributed by atoms with E-state index >= 15 is 0 Å². The fourth-order valence-electron chi connectivity index (χ4n) is 2.01. The lowest BCUT2D eigenvalue weighted by Gasteiger charge is -2.09. The molecule has 0 fully saturated rings. The SMILES string of the molecule is Cc1ccc(-c2ccc(CO)c(C)n2)c(C)c1. The van der Waals surface area contributed by atoms with Crippen LogP contribution >= 0.6 is 0 Å². The fraction of sp³-hybridized carbons (Fsp3) is 0.267. The molecule has 1 aromatic heterocycles. The van der Waals surface area contributed by atoms with Gasteiger partial charge in [-0.2, -0.15) is 0 Å². The average Bonchev–Trinajstić information content (AvgIpc) is 2.29. The van der Waals surface area contributed by atoms with Crippen LogP contribution in [0.1, 0.15) is 22.4 Å². The molecule has 2 rings (SSSR count). The number of aliphatic hydroxyl groups excluding tert-OH is 1. The van der Waals surface area contributed by atoms with Gasteiger partial charge in [0, 0.05) is 11.3 Å². The third-order valence-corrected chi connectivity index (χ3v) is 3.02. The van der Waals surface area contributed by atoms with Crippen LogP contribution in [0, 0.1) is 20.8 Å². The number of aromatic nitrogens is 1. The van der Waals surface area contributed by atoms with Crippen molar-refractivity contribution in [1.82, 2.24) is 4.98 Å². The maximum atomic E-state index is 9.13. The quantitative estimate of drug-likeness (QED) is 0.854.